The van der Waals surface area contributed by atoms with Gasteiger partial charge in [-0.25, -0.2) is 0 Å². The Bertz CT molecular complexity index is 299. The molecule has 0 atom stereocenters. The molecule has 78 valence electrons. The minimum atomic E-state index is 0.667. The van der Waals surface area contributed by atoms with Crippen molar-refractivity contribution < 1.29 is 4.74 Å². The molecule has 14 heavy (non-hydrogen) atoms. The number of hydrogen-bond donors (Lipinski definition) is 1. The fraction of sp³-hybridized carbons (Fsp3) is 0.455. The van der Waals surface area contributed by atoms with E-state index in [-0.39, 0.29) is 0 Å². The van der Waals surface area contributed by atoms with E-state index in [1.54, 1.807) is 0 Å². The van der Waals surface area contributed by atoms with E-state index in [4.69, 9.17) is 10.5 Å². The van der Waals surface area contributed by atoms with E-state index < -0.39 is 0 Å². The highest BCUT2D eigenvalue weighted by Gasteiger charge is 2.01. The van der Waals surface area contributed by atoms with Crippen molar-refractivity contribution in [3.05, 3.63) is 21.8 Å². The molecule has 0 aromatic heterocycles. The molecule has 0 aliphatic carbocycles. The van der Waals surface area contributed by atoms with E-state index in [0.717, 1.165) is 28.0 Å². The molecule has 3 heteroatoms. The van der Waals surface area contributed by atoms with E-state index in [0.29, 0.717) is 5.92 Å². The summed E-state index contributed by atoms with van der Waals surface area (Å²) in [5.74, 6) is 1.46. The fourth-order valence-corrected chi connectivity index (χ4v) is 1.57. The second-order valence-corrected chi connectivity index (χ2v) is 4.96. The van der Waals surface area contributed by atoms with Gasteiger partial charge >= 0.3 is 0 Å². The zero-order valence-electron chi connectivity index (χ0n) is 8.59. The Morgan fingerprint density at radius 3 is 2.71 bits per heavy atom. The summed E-state index contributed by atoms with van der Waals surface area (Å²) in [5, 5.41) is 0. The van der Waals surface area contributed by atoms with Crippen molar-refractivity contribution >= 4 is 28.3 Å². The first-order chi connectivity index (χ1) is 6.59. The summed E-state index contributed by atoms with van der Waals surface area (Å²) in [4.78, 5) is 0. The van der Waals surface area contributed by atoms with Gasteiger partial charge in [0, 0.05) is 3.57 Å². The van der Waals surface area contributed by atoms with Gasteiger partial charge in [-0.2, -0.15) is 0 Å². The lowest BCUT2D eigenvalue weighted by molar-refractivity contribution is 0.291. The van der Waals surface area contributed by atoms with Crippen LogP contribution < -0.4 is 10.5 Å². The van der Waals surface area contributed by atoms with Crippen molar-refractivity contribution in [1.82, 2.24) is 0 Å². The smallest absolute Gasteiger partial charge is 0.142 e. The van der Waals surface area contributed by atoms with Gasteiger partial charge in [-0.1, -0.05) is 13.8 Å². The number of hydrogen-bond acceptors (Lipinski definition) is 2. The van der Waals surface area contributed by atoms with Crippen LogP contribution in [-0.2, 0) is 0 Å². The maximum atomic E-state index is 5.81. The molecule has 2 nitrogen and oxygen atoms in total. The Hall–Kier alpha value is -0.450. The predicted molar refractivity (Wildman–Crippen MR) is 68.5 cm³/mol. The van der Waals surface area contributed by atoms with Gasteiger partial charge in [0.2, 0.25) is 0 Å². The third-order valence-electron chi connectivity index (χ3n) is 1.92. The molecule has 0 unspecified atom stereocenters. The molecule has 0 aliphatic rings. The normalized spacial score (nSPS) is 10.6. The highest BCUT2D eigenvalue weighted by atomic mass is 127. The summed E-state index contributed by atoms with van der Waals surface area (Å²) in [6.07, 6.45) is 1.06. The van der Waals surface area contributed by atoms with Crippen molar-refractivity contribution in [1.29, 1.82) is 0 Å². The molecule has 0 fully saturated rings. The molecule has 0 aliphatic heterocycles. The molecule has 0 amide bonds. The molecular formula is C11H16INO. The summed E-state index contributed by atoms with van der Waals surface area (Å²) in [7, 11) is 0. The lowest BCUT2D eigenvalue weighted by Gasteiger charge is -2.10. The van der Waals surface area contributed by atoms with Gasteiger partial charge in [-0.15, -0.1) is 0 Å². The molecule has 0 radical (unpaired) electrons. The fourth-order valence-electron chi connectivity index (χ4n) is 1.06. The molecule has 1 aromatic carbocycles. The number of rotatable bonds is 4. The van der Waals surface area contributed by atoms with Crippen LogP contribution in [0.2, 0.25) is 0 Å². The lowest BCUT2D eigenvalue weighted by atomic mass is 10.1. The second-order valence-electron chi connectivity index (χ2n) is 3.71. The lowest BCUT2D eigenvalue weighted by Crippen LogP contribution is -2.03. The average Bonchev–Trinajstić information content (AvgIpc) is 2.08. The van der Waals surface area contributed by atoms with Crippen LogP contribution in [0, 0.1) is 9.49 Å². The van der Waals surface area contributed by atoms with Gasteiger partial charge in [0.15, 0.2) is 0 Å². The Balaban J connectivity index is 2.51. The molecule has 0 saturated heterocycles. The van der Waals surface area contributed by atoms with Crippen molar-refractivity contribution in [2.24, 2.45) is 5.92 Å². The third kappa shape index (κ3) is 3.74. The topological polar surface area (TPSA) is 35.2 Å². The maximum Gasteiger partial charge on any atom is 0.142 e. The molecule has 1 rings (SSSR count). The van der Waals surface area contributed by atoms with Crippen LogP contribution in [0.4, 0.5) is 5.69 Å². The molecule has 1 aromatic rings. The number of benzene rings is 1. The average molecular weight is 305 g/mol. The standard InChI is InChI=1S/C11H16INO/c1-8(2)5-6-14-11-4-3-9(12)7-10(11)13/h3-4,7-8H,5-6,13H2,1-2H3. The summed E-state index contributed by atoms with van der Waals surface area (Å²) < 4.78 is 6.71. The minimum absolute atomic E-state index is 0.667. The van der Waals surface area contributed by atoms with Crippen molar-refractivity contribution in [3.63, 3.8) is 0 Å². The first kappa shape index (κ1) is 11.6. The van der Waals surface area contributed by atoms with E-state index >= 15 is 0 Å². The van der Waals surface area contributed by atoms with Crippen LogP contribution in [0.25, 0.3) is 0 Å². The third-order valence-corrected chi connectivity index (χ3v) is 2.60. The van der Waals surface area contributed by atoms with Crippen LogP contribution in [0.5, 0.6) is 5.75 Å². The van der Waals surface area contributed by atoms with Gasteiger partial charge in [0.1, 0.15) is 5.75 Å². The van der Waals surface area contributed by atoms with Crippen LogP contribution in [0.1, 0.15) is 20.3 Å². The van der Waals surface area contributed by atoms with Gasteiger partial charge in [-0.05, 0) is 53.1 Å². The molecule has 0 spiro atoms. The second kappa shape index (κ2) is 5.44. The van der Waals surface area contributed by atoms with E-state index in [9.17, 15) is 0 Å². The van der Waals surface area contributed by atoms with E-state index in [1.807, 2.05) is 18.2 Å². The SMILES string of the molecule is CC(C)CCOc1ccc(I)cc1N. The number of anilines is 1. The monoisotopic (exact) mass is 305 g/mol. The largest absolute Gasteiger partial charge is 0.491 e. The summed E-state index contributed by atoms with van der Waals surface area (Å²) >= 11 is 2.23. The maximum absolute atomic E-state index is 5.81. The molecule has 0 heterocycles. The highest BCUT2D eigenvalue weighted by molar-refractivity contribution is 14.1. The van der Waals surface area contributed by atoms with Crippen LogP contribution in [0.3, 0.4) is 0 Å². The summed E-state index contributed by atoms with van der Waals surface area (Å²) in [6.45, 7) is 5.10. The van der Waals surface area contributed by atoms with E-state index in [1.165, 1.54) is 0 Å². The van der Waals surface area contributed by atoms with Crippen molar-refractivity contribution in [2.75, 3.05) is 12.3 Å². The summed E-state index contributed by atoms with van der Waals surface area (Å²) in [6, 6.07) is 5.85. The Kier molecular flexibility index (Phi) is 4.51. The first-order valence-corrected chi connectivity index (χ1v) is 5.85. The number of nitrogens with two attached hydrogens (primary N) is 1. The van der Waals surface area contributed by atoms with Gasteiger partial charge in [0.25, 0.3) is 0 Å². The number of halogens is 1. The van der Waals surface area contributed by atoms with Gasteiger partial charge in [-0.3, -0.25) is 0 Å². The highest BCUT2D eigenvalue weighted by Crippen LogP contribution is 2.23. The Morgan fingerprint density at radius 1 is 1.43 bits per heavy atom. The first-order valence-electron chi connectivity index (χ1n) is 4.77. The number of nitrogen functional groups attached to an aromatic ring is 1. The van der Waals surface area contributed by atoms with Crippen LogP contribution in [0.15, 0.2) is 18.2 Å². The molecule has 2 N–H and O–H groups in total. The minimum Gasteiger partial charge on any atom is -0.491 e. The van der Waals surface area contributed by atoms with Crippen molar-refractivity contribution in [2.45, 2.75) is 20.3 Å². The van der Waals surface area contributed by atoms with E-state index in [2.05, 4.69) is 36.4 Å². The van der Waals surface area contributed by atoms with Gasteiger partial charge < -0.3 is 10.5 Å². The zero-order valence-corrected chi connectivity index (χ0v) is 10.7. The summed E-state index contributed by atoms with van der Waals surface area (Å²) in [5.41, 5.74) is 6.53. The molecule has 0 saturated carbocycles. The molecule has 0 bridgehead atoms. The zero-order chi connectivity index (χ0) is 10.6. The molecular weight excluding hydrogens is 289 g/mol. The quantitative estimate of drug-likeness (QED) is 0.684. The Labute approximate surface area is 99.0 Å². The van der Waals surface area contributed by atoms with Crippen LogP contribution in [-0.4, -0.2) is 6.61 Å². The number of ether oxygens (including phenoxy) is 1. The van der Waals surface area contributed by atoms with Gasteiger partial charge in [0.05, 0.1) is 12.3 Å². The van der Waals surface area contributed by atoms with Crippen LogP contribution >= 0.6 is 22.6 Å². The predicted octanol–water partition coefficient (Wildman–Crippen LogP) is 3.30. The Morgan fingerprint density at radius 2 is 2.14 bits per heavy atom. The van der Waals surface area contributed by atoms with Crippen molar-refractivity contribution in [3.8, 4) is 5.75 Å².